The van der Waals surface area contributed by atoms with E-state index in [4.69, 9.17) is 10.5 Å². The molecule has 0 radical (unpaired) electrons. The second-order valence-electron chi connectivity index (χ2n) is 5.25. The third kappa shape index (κ3) is 6.14. The standard InChI is InChI=1S/C13H25N3O2.2ClH/c14-10-11-4-5-12(18-11)13(17)15-6-9-16-7-2-1-3-8-16;;/h11-12H,1-10,14H2,(H,15,17);2*1H/t11-,12+;;/m1../s1. The molecule has 7 heteroatoms. The van der Waals surface area contributed by atoms with Gasteiger partial charge in [0.1, 0.15) is 6.10 Å². The van der Waals surface area contributed by atoms with Gasteiger partial charge in [0.25, 0.3) is 0 Å². The summed E-state index contributed by atoms with van der Waals surface area (Å²) in [4.78, 5) is 14.3. The lowest BCUT2D eigenvalue weighted by atomic mass is 10.1. The zero-order valence-electron chi connectivity index (χ0n) is 11.9. The number of hydrogen-bond donors (Lipinski definition) is 2. The van der Waals surface area contributed by atoms with Crippen LogP contribution in [-0.2, 0) is 9.53 Å². The van der Waals surface area contributed by atoms with E-state index in [0.717, 1.165) is 25.9 Å². The maximum atomic E-state index is 11.9. The van der Waals surface area contributed by atoms with E-state index in [1.165, 1.54) is 32.4 Å². The molecule has 3 N–H and O–H groups in total. The van der Waals surface area contributed by atoms with E-state index in [1.807, 2.05) is 0 Å². The van der Waals surface area contributed by atoms with Crippen molar-refractivity contribution < 1.29 is 9.53 Å². The molecule has 2 saturated heterocycles. The summed E-state index contributed by atoms with van der Waals surface area (Å²) >= 11 is 0. The van der Waals surface area contributed by atoms with Gasteiger partial charge in [-0.05, 0) is 38.8 Å². The highest BCUT2D eigenvalue weighted by Crippen LogP contribution is 2.18. The van der Waals surface area contributed by atoms with E-state index in [1.54, 1.807) is 0 Å². The van der Waals surface area contributed by atoms with Crippen LogP contribution in [0.2, 0.25) is 0 Å². The fraction of sp³-hybridized carbons (Fsp3) is 0.923. The van der Waals surface area contributed by atoms with Gasteiger partial charge in [0.2, 0.25) is 5.91 Å². The molecule has 0 aliphatic carbocycles. The number of rotatable bonds is 5. The molecule has 0 unspecified atom stereocenters. The molecular weight excluding hydrogens is 301 g/mol. The van der Waals surface area contributed by atoms with Crippen molar-refractivity contribution in [1.29, 1.82) is 0 Å². The molecule has 20 heavy (non-hydrogen) atoms. The maximum Gasteiger partial charge on any atom is 0.249 e. The monoisotopic (exact) mass is 327 g/mol. The second kappa shape index (κ2) is 10.6. The molecule has 1 amide bonds. The van der Waals surface area contributed by atoms with Crippen LogP contribution in [0.3, 0.4) is 0 Å². The van der Waals surface area contributed by atoms with Crippen molar-refractivity contribution in [2.75, 3.05) is 32.7 Å². The first kappa shape index (κ1) is 19.9. The van der Waals surface area contributed by atoms with Gasteiger partial charge in [-0.15, -0.1) is 24.8 Å². The average Bonchev–Trinajstić information content (AvgIpc) is 2.89. The largest absolute Gasteiger partial charge is 0.364 e. The van der Waals surface area contributed by atoms with Crippen LogP contribution in [0.1, 0.15) is 32.1 Å². The van der Waals surface area contributed by atoms with Crippen LogP contribution in [0.5, 0.6) is 0 Å². The van der Waals surface area contributed by atoms with Crippen molar-refractivity contribution in [2.45, 2.75) is 44.3 Å². The molecule has 0 aromatic heterocycles. The Morgan fingerprint density at radius 1 is 1.20 bits per heavy atom. The lowest BCUT2D eigenvalue weighted by Crippen LogP contribution is -2.41. The van der Waals surface area contributed by atoms with E-state index >= 15 is 0 Å². The Morgan fingerprint density at radius 2 is 1.90 bits per heavy atom. The van der Waals surface area contributed by atoms with E-state index in [2.05, 4.69) is 10.2 Å². The molecule has 0 bridgehead atoms. The van der Waals surface area contributed by atoms with Gasteiger partial charge in [-0.3, -0.25) is 4.79 Å². The topological polar surface area (TPSA) is 67.6 Å². The number of halogens is 2. The summed E-state index contributed by atoms with van der Waals surface area (Å²) in [6, 6.07) is 0. The van der Waals surface area contributed by atoms with E-state index in [9.17, 15) is 4.79 Å². The average molecular weight is 328 g/mol. The van der Waals surface area contributed by atoms with Gasteiger partial charge in [-0.25, -0.2) is 0 Å². The molecule has 120 valence electrons. The van der Waals surface area contributed by atoms with Crippen LogP contribution in [0.25, 0.3) is 0 Å². The molecule has 0 saturated carbocycles. The number of amides is 1. The highest BCUT2D eigenvalue weighted by Gasteiger charge is 2.29. The molecule has 2 fully saturated rings. The predicted octanol–water partition coefficient (Wildman–Crippen LogP) is 0.938. The fourth-order valence-electron chi connectivity index (χ4n) is 2.71. The van der Waals surface area contributed by atoms with Crippen molar-refractivity contribution in [3.05, 3.63) is 0 Å². The highest BCUT2D eigenvalue weighted by molar-refractivity contribution is 5.85. The Balaban J connectivity index is 0.00000180. The minimum absolute atomic E-state index is 0. The first-order valence-corrected chi connectivity index (χ1v) is 7.15. The number of ether oxygens (including phenoxy) is 1. The molecule has 5 nitrogen and oxygen atoms in total. The van der Waals surface area contributed by atoms with Crippen LogP contribution in [0.15, 0.2) is 0 Å². The molecule has 2 heterocycles. The van der Waals surface area contributed by atoms with E-state index in [-0.39, 0.29) is 42.9 Å². The third-order valence-electron chi connectivity index (χ3n) is 3.84. The lowest BCUT2D eigenvalue weighted by molar-refractivity contribution is -0.131. The number of likely N-dealkylation sites (tertiary alicyclic amines) is 1. The van der Waals surface area contributed by atoms with Crippen LogP contribution >= 0.6 is 24.8 Å². The summed E-state index contributed by atoms with van der Waals surface area (Å²) in [6.45, 7) is 4.54. The van der Waals surface area contributed by atoms with Crippen LogP contribution < -0.4 is 11.1 Å². The molecular formula is C13H27Cl2N3O2. The molecule has 2 rings (SSSR count). The van der Waals surface area contributed by atoms with Gasteiger partial charge in [0.05, 0.1) is 6.10 Å². The summed E-state index contributed by atoms with van der Waals surface area (Å²) in [6.07, 6.45) is 5.43. The molecule has 0 aromatic carbocycles. The predicted molar refractivity (Wildman–Crippen MR) is 84.7 cm³/mol. The van der Waals surface area contributed by atoms with Gasteiger partial charge >= 0.3 is 0 Å². The quantitative estimate of drug-likeness (QED) is 0.788. The summed E-state index contributed by atoms with van der Waals surface area (Å²) < 4.78 is 5.56. The zero-order chi connectivity index (χ0) is 12.8. The van der Waals surface area contributed by atoms with Crippen molar-refractivity contribution in [3.63, 3.8) is 0 Å². The van der Waals surface area contributed by atoms with Gasteiger partial charge < -0.3 is 20.7 Å². The molecule has 2 aliphatic heterocycles. The molecule has 2 aliphatic rings. The molecule has 2 atom stereocenters. The summed E-state index contributed by atoms with van der Waals surface area (Å²) in [5.41, 5.74) is 5.53. The van der Waals surface area contributed by atoms with E-state index < -0.39 is 0 Å². The maximum absolute atomic E-state index is 11.9. The minimum atomic E-state index is -0.278. The van der Waals surface area contributed by atoms with Gasteiger partial charge in [-0.1, -0.05) is 6.42 Å². The Hall–Kier alpha value is -0.0700. The number of piperidine rings is 1. The Bertz CT molecular complexity index is 276. The molecule has 0 aromatic rings. The normalized spacial score (nSPS) is 26.4. The van der Waals surface area contributed by atoms with Crippen LogP contribution in [0, 0.1) is 0 Å². The number of carbonyl (C=O) groups is 1. The first-order chi connectivity index (χ1) is 8.79. The Labute approximate surface area is 133 Å². The van der Waals surface area contributed by atoms with Crippen molar-refractivity contribution in [3.8, 4) is 0 Å². The van der Waals surface area contributed by atoms with Crippen LogP contribution in [-0.4, -0.2) is 55.7 Å². The Kier molecular flexibility index (Phi) is 10.6. The van der Waals surface area contributed by atoms with Crippen molar-refractivity contribution in [1.82, 2.24) is 10.2 Å². The Morgan fingerprint density at radius 3 is 2.50 bits per heavy atom. The molecule has 0 spiro atoms. The fourth-order valence-corrected chi connectivity index (χ4v) is 2.71. The van der Waals surface area contributed by atoms with Crippen molar-refractivity contribution >= 4 is 30.7 Å². The minimum Gasteiger partial charge on any atom is -0.364 e. The smallest absolute Gasteiger partial charge is 0.249 e. The number of nitrogens with two attached hydrogens (primary N) is 1. The van der Waals surface area contributed by atoms with Crippen LogP contribution in [0.4, 0.5) is 0 Å². The summed E-state index contributed by atoms with van der Waals surface area (Å²) in [5, 5.41) is 2.97. The lowest BCUT2D eigenvalue weighted by Gasteiger charge is -2.26. The van der Waals surface area contributed by atoms with E-state index in [0.29, 0.717) is 6.54 Å². The summed E-state index contributed by atoms with van der Waals surface area (Å²) in [5.74, 6) is 0.0305. The third-order valence-corrected chi connectivity index (χ3v) is 3.84. The number of nitrogens with zero attached hydrogens (tertiary/aromatic N) is 1. The summed E-state index contributed by atoms with van der Waals surface area (Å²) in [7, 11) is 0. The second-order valence-corrected chi connectivity index (χ2v) is 5.25. The zero-order valence-corrected chi connectivity index (χ0v) is 13.5. The van der Waals surface area contributed by atoms with Gasteiger partial charge in [0.15, 0.2) is 0 Å². The van der Waals surface area contributed by atoms with Crippen molar-refractivity contribution in [2.24, 2.45) is 5.73 Å². The SMILES string of the molecule is Cl.Cl.NC[C@H]1CC[C@@H](C(=O)NCCN2CCCCC2)O1. The van der Waals surface area contributed by atoms with Gasteiger partial charge in [0, 0.05) is 19.6 Å². The first-order valence-electron chi connectivity index (χ1n) is 7.15. The highest BCUT2D eigenvalue weighted by atomic mass is 35.5. The van der Waals surface area contributed by atoms with Gasteiger partial charge in [-0.2, -0.15) is 0 Å². The number of hydrogen-bond acceptors (Lipinski definition) is 4. The number of nitrogens with one attached hydrogen (secondary N) is 1. The number of carbonyl (C=O) groups excluding carboxylic acids is 1.